The molecule has 0 spiro atoms. The minimum absolute atomic E-state index is 1.10. The van der Waals surface area contributed by atoms with Crippen molar-refractivity contribution in [1.82, 2.24) is 10.2 Å². The Morgan fingerprint density at radius 2 is 1.95 bits per heavy atom. The summed E-state index contributed by atoms with van der Waals surface area (Å²) in [5.74, 6) is 0. The number of aryl methyl sites for hydroxylation is 1. The lowest BCUT2D eigenvalue weighted by atomic mass is 10.1. The van der Waals surface area contributed by atoms with Crippen LogP contribution in [0, 0.1) is 6.92 Å². The van der Waals surface area contributed by atoms with Crippen LogP contribution in [-0.4, -0.2) is 37.6 Å². The Morgan fingerprint density at radius 1 is 1.11 bits per heavy atom. The molecule has 1 aromatic carbocycles. The second kappa shape index (κ2) is 8.34. The standard InChI is InChI=1S/C17H28N2/c1-16-7-5-8-17(15-16)9-11-18-10-6-14-19-12-3-2-4-13-19/h5,7-8,15,18H,2-4,6,9-14H2,1H3. The van der Waals surface area contributed by atoms with E-state index >= 15 is 0 Å². The summed E-state index contributed by atoms with van der Waals surface area (Å²) in [5, 5.41) is 3.57. The number of likely N-dealkylation sites (tertiary alicyclic amines) is 1. The molecule has 0 amide bonds. The Morgan fingerprint density at radius 3 is 2.74 bits per heavy atom. The molecule has 1 heterocycles. The molecule has 1 aliphatic heterocycles. The maximum absolute atomic E-state index is 3.57. The van der Waals surface area contributed by atoms with Gasteiger partial charge in [0, 0.05) is 0 Å². The molecule has 2 rings (SSSR count). The molecule has 2 heteroatoms. The van der Waals surface area contributed by atoms with Gasteiger partial charge in [-0.1, -0.05) is 36.2 Å². The lowest BCUT2D eigenvalue weighted by Gasteiger charge is -2.26. The molecule has 2 nitrogen and oxygen atoms in total. The highest BCUT2D eigenvalue weighted by atomic mass is 15.1. The molecule has 1 saturated heterocycles. The first-order valence-corrected chi connectivity index (χ1v) is 7.83. The molecule has 1 fully saturated rings. The van der Waals surface area contributed by atoms with Crippen LogP contribution in [0.5, 0.6) is 0 Å². The van der Waals surface area contributed by atoms with Crippen molar-refractivity contribution in [3.05, 3.63) is 35.4 Å². The molecule has 1 N–H and O–H groups in total. The molecule has 0 aromatic heterocycles. The van der Waals surface area contributed by atoms with Crippen molar-refractivity contribution in [3.63, 3.8) is 0 Å². The Labute approximate surface area is 118 Å². The largest absolute Gasteiger partial charge is 0.316 e. The van der Waals surface area contributed by atoms with Gasteiger partial charge in [-0.3, -0.25) is 0 Å². The zero-order valence-electron chi connectivity index (χ0n) is 12.3. The Bertz CT molecular complexity index is 356. The number of nitrogens with zero attached hydrogens (tertiary/aromatic N) is 1. The molecule has 106 valence electrons. The predicted octanol–water partition coefficient (Wildman–Crippen LogP) is 3.00. The van der Waals surface area contributed by atoms with Gasteiger partial charge in [0.2, 0.25) is 0 Å². The highest BCUT2D eigenvalue weighted by Gasteiger charge is 2.08. The van der Waals surface area contributed by atoms with Gasteiger partial charge in [-0.15, -0.1) is 0 Å². The predicted molar refractivity (Wildman–Crippen MR) is 82.7 cm³/mol. The van der Waals surface area contributed by atoms with E-state index in [0.717, 1.165) is 19.5 Å². The zero-order valence-corrected chi connectivity index (χ0v) is 12.3. The second-order valence-corrected chi connectivity index (χ2v) is 5.74. The van der Waals surface area contributed by atoms with E-state index in [-0.39, 0.29) is 0 Å². The minimum atomic E-state index is 1.10. The fraction of sp³-hybridized carbons (Fsp3) is 0.647. The van der Waals surface area contributed by atoms with Crippen LogP contribution < -0.4 is 5.32 Å². The van der Waals surface area contributed by atoms with Gasteiger partial charge in [0.05, 0.1) is 0 Å². The van der Waals surface area contributed by atoms with Crippen LogP contribution in [0.1, 0.15) is 36.8 Å². The summed E-state index contributed by atoms with van der Waals surface area (Å²) in [6.45, 7) is 8.34. The first-order valence-electron chi connectivity index (χ1n) is 7.83. The van der Waals surface area contributed by atoms with Crippen molar-refractivity contribution in [2.45, 2.75) is 39.0 Å². The lowest BCUT2D eigenvalue weighted by Crippen LogP contribution is -2.32. The number of piperidine rings is 1. The van der Waals surface area contributed by atoms with Crippen molar-refractivity contribution >= 4 is 0 Å². The average molecular weight is 260 g/mol. The number of rotatable bonds is 7. The molecular formula is C17H28N2. The van der Waals surface area contributed by atoms with E-state index in [9.17, 15) is 0 Å². The smallest absolute Gasteiger partial charge is 0.000664 e. The maximum Gasteiger partial charge on any atom is -0.000664 e. The van der Waals surface area contributed by atoms with E-state index in [4.69, 9.17) is 0 Å². The topological polar surface area (TPSA) is 15.3 Å². The van der Waals surface area contributed by atoms with Crippen LogP contribution in [0.15, 0.2) is 24.3 Å². The van der Waals surface area contributed by atoms with Gasteiger partial charge in [0.1, 0.15) is 0 Å². The van der Waals surface area contributed by atoms with Crippen molar-refractivity contribution < 1.29 is 0 Å². The average Bonchev–Trinajstić information content (AvgIpc) is 2.44. The van der Waals surface area contributed by atoms with Crippen molar-refractivity contribution in [2.75, 3.05) is 32.7 Å². The molecule has 0 unspecified atom stereocenters. The molecule has 0 radical (unpaired) electrons. The third-order valence-corrected chi connectivity index (χ3v) is 3.95. The van der Waals surface area contributed by atoms with E-state index in [1.165, 1.54) is 56.4 Å². The minimum Gasteiger partial charge on any atom is -0.316 e. The van der Waals surface area contributed by atoms with Crippen molar-refractivity contribution in [1.29, 1.82) is 0 Å². The number of hydrogen-bond donors (Lipinski definition) is 1. The molecule has 1 aromatic rings. The number of nitrogens with one attached hydrogen (secondary N) is 1. The SMILES string of the molecule is Cc1cccc(CCNCCCN2CCCCC2)c1. The Balaban J connectivity index is 1.50. The van der Waals surface area contributed by atoms with E-state index in [1.807, 2.05) is 0 Å². The fourth-order valence-corrected chi connectivity index (χ4v) is 2.84. The van der Waals surface area contributed by atoms with Crippen LogP contribution in [0.2, 0.25) is 0 Å². The zero-order chi connectivity index (χ0) is 13.3. The van der Waals surface area contributed by atoms with Gasteiger partial charge in [0.25, 0.3) is 0 Å². The van der Waals surface area contributed by atoms with Crippen LogP contribution in [0.25, 0.3) is 0 Å². The molecular weight excluding hydrogens is 232 g/mol. The van der Waals surface area contributed by atoms with Crippen LogP contribution in [0.4, 0.5) is 0 Å². The first-order chi connectivity index (χ1) is 9.34. The molecule has 0 atom stereocenters. The summed E-state index contributed by atoms with van der Waals surface area (Å²) >= 11 is 0. The summed E-state index contributed by atoms with van der Waals surface area (Å²) < 4.78 is 0. The van der Waals surface area contributed by atoms with Crippen molar-refractivity contribution in [2.24, 2.45) is 0 Å². The van der Waals surface area contributed by atoms with Gasteiger partial charge >= 0.3 is 0 Å². The molecule has 19 heavy (non-hydrogen) atoms. The quantitative estimate of drug-likeness (QED) is 0.758. The third-order valence-electron chi connectivity index (χ3n) is 3.95. The Hall–Kier alpha value is -0.860. The third kappa shape index (κ3) is 5.75. The molecule has 1 aliphatic rings. The number of benzene rings is 1. The normalized spacial score (nSPS) is 16.7. The summed E-state index contributed by atoms with van der Waals surface area (Å²) in [4.78, 5) is 2.62. The first kappa shape index (κ1) is 14.5. The van der Waals surface area contributed by atoms with Gasteiger partial charge in [-0.05, 0) is 70.9 Å². The molecule has 0 aliphatic carbocycles. The summed E-state index contributed by atoms with van der Waals surface area (Å²) in [5.41, 5.74) is 2.81. The summed E-state index contributed by atoms with van der Waals surface area (Å²) in [6, 6.07) is 8.83. The monoisotopic (exact) mass is 260 g/mol. The van der Waals surface area contributed by atoms with E-state index in [1.54, 1.807) is 0 Å². The highest BCUT2D eigenvalue weighted by molar-refractivity contribution is 5.22. The molecule has 0 saturated carbocycles. The van der Waals surface area contributed by atoms with Crippen molar-refractivity contribution in [3.8, 4) is 0 Å². The van der Waals surface area contributed by atoms with Gasteiger partial charge in [0.15, 0.2) is 0 Å². The van der Waals surface area contributed by atoms with Crippen LogP contribution in [-0.2, 0) is 6.42 Å². The molecule has 0 bridgehead atoms. The maximum atomic E-state index is 3.57. The van der Waals surface area contributed by atoms with Crippen LogP contribution in [0.3, 0.4) is 0 Å². The summed E-state index contributed by atoms with van der Waals surface area (Å²) in [6.07, 6.45) is 6.67. The van der Waals surface area contributed by atoms with Gasteiger partial charge in [-0.25, -0.2) is 0 Å². The van der Waals surface area contributed by atoms with E-state index < -0.39 is 0 Å². The Kier molecular flexibility index (Phi) is 6.38. The number of hydrogen-bond acceptors (Lipinski definition) is 2. The van der Waals surface area contributed by atoms with Gasteiger partial charge in [-0.2, -0.15) is 0 Å². The van der Waals surface area contributed by atoms with E-state index in [2.05, 4.69) is 41.4 Å². The second-order valence-electron chi connectivity index (χ2n) is 5.74. The van der Waals surface area contributed by atoms with E-state index in [0.29, 0.717) is 0 Å². The van der Waals surface area contributed by atoms with Crippen LogP contribution >= 0.6 is 0 Å². The highest BCUT2D eigenvalue weighted by Crippen LogP contribution is 2.08. The summed E-state index contributed by atoms with van der Waals surface area (Å²) in [7, 11) is 0. The fourth-order valence-electron chi connectivity index (χ4n) is 2.84. The lowest BCUT2D eigenvalue weighted by molar-refractivity contribution is 0.226. The van der Waals surface area contributed by atoms with Gasteiger partial charge < -0.3 is 10.2 Å².